The van der Waals surface area contributed by atoms with Crippen LogP contribution in [0.2, 0.25) is 0 Å². The second kappa shape index (κ2) is 8.02. The maximum absolute atomic E-state index is 12.1. The van der Waals surface area contributed by atoms with Crippen LogP contribution in [0.25, 0.3) is 11.1 Å². The molecular formula is C21H19NO3. The largest absolute Gasteiger partial charge is 0.497 e. The van der Waals surface area contributed by atoms with E-state index in [0.717, 1.165) is 16.9 Å². The summed E-state index contributed by atoms with van der Waals surface area (Å²) in [5.74, 6) is 1.21. The lowest BCUT2D eigenvalue weighted by atomic mass is 10.1. The van der Waals surface area contributed by atoms with Gasteiger partial charge in [0.05, 0.1) is 7.11 Å². The molecule has 25 heavy (non-hydrogen) atoms. The molecule has 3 rings (SSSR count). The lowest BCUT2D eigenvalue weighted by Gasteiger charge is -2.12. The van der Waals surface area contributed by atoms with Gasteiger partial charge in [-0.15, -0.1) is 0 Å². The Kier molecular flexibility index (Phi) is 5.32. The minimum Gasteiger partial charge on any atom is -0.497 e. The van der Waals surface area contributed by atoms with E-state index in [1.807, 2.05) is 54.6 Å². The van der Waals surface area contributed by atoms with Crippen molar-refractivity contribution in [1.82, 2.24) is 0 Å². The molecule has 0 aliphatic heterocycles. The number of hydrogen-bond acceptors (Lipinski definition) is 3. The van der Waals surface area contributed by atoms with Crippen LogP contribution in [0.1, 0.15) is 0 Å². The number of nitrogens with one attached hydrogen (secondary N) is 1. The predicted octanol–water partition coefficient (Wildman–Crippen LogP) is 4.38. The summed E-state index contributed by atoms with van der Waals surface area (Å²) in [7, 11) is 1.60. The van der Waals surface area contributed by atoms with E-state index in [-0.39, 0.29) is 12.5 Å². The van der Waals surface area contributed by atoms with Crippen molar-refractivity contribution in [3.63, 3.8) is 0 Å². The molecule has 0 fully saturated rings. The van der Waals surface area contributed by atoms with Crippen LogP contribution < -0.4 is 14.8 Å². The summed E-state index contributed by atoms with van der Waals surface area (Å²) >= 11 is 0. The van der Waals surface area contributed by atoms with Gasteiger partial charge in [0.2, 0.25) is 0 Å². The van der Waals surface area contributed by atoms with Gasteiger partial charge in [0, 0.05) is 11.3 Å². The van der Waals surface area contributed by atoms with Gasteiger partial charge in [-0.05, 0) is 35.9 Å². The topological polar surface area (TPSA) is 47.6 Å². The van der Waals surface area contributed by atoms with Crippen molar-refractivity contribution in [2.45, 2.75) is 0 Å². The van der Waals surface area contributed by atoms with Gasteiger partial charge >= 0.3 is 0 Å². The number of ether oxygens (including phenoxy) is 2. The van der Waals surface area contributed by atoms with Crippen molar-refractivity contribution in [3.8, 4) is 22.6 Å². The van der Waals surface area contributed by atoms with Crippen LogP contribution in [0, 0.1) is 0 Å². The number of para-hydroxylation sites is 1. The first-order chi connectivity index (χ1) is 12.3. The van der Waals surface area contributed by atoms with E-state index in [4.69, 9.17) is 9.47 Å². The van der Waals surface area contributed by atoms with Gasteiger partial charge in [-0.3, -0.25) is 4.79 Å². The minimum absolute atomic E-state index is 0.0596. The Bertz CT molecular complexity index is 829. The fraction of sp³-hybridized carbons (Fsp3) is 0.0952. The van der Waals surface area contributed by atoms with Gasteiger partial charge in [0.1, 0.15) is 11.5 Å². The van der Waals surface area contributed by atoms with Crippen LogP contribution in [0.4, 0.5) is 5.69 Å². The predicted molar refractivity (Wildman–Crippen MR) is 99.0 cm³/mol. The monoisotopic (exact) mass is 333 g/mol. The lowest BCUT2D eigenvalue weighted by molar-refractivity contribution is -0.118. The van der Waals surface area contributed by atoms with Gasteiger partial charge < -0.3 is 14.8 Å². The average molecular weight is 333 g/mol. The van der Waals surface area contributed by atoms with Crippen molar-refractivity contribution < 1.29 is 14.3 Å². The summed E-state index contributed by atoms with van der Waals surface area (Å²) in [6, 6.07) is 24.8. The minimum atomic E-state index is -0.215. The highest BCUT2D eigenvalue weighted by Gasteiger charge is 2.08. The number of benzene rings is 3. The van der Waals surface area contributed by atoms with Crippen molar-refractivity contribution in [2.75, 3.05) is 19.0 Å². The van der Waals surface area contributed by atoms with Gasteiger partial charge in [0.15, 0.2) is 6.61 Å². The molecule has 0 aliphatic carbocycles. The summed E-state index contributed by atoms with van der Waals surface area (Å²) < 4.78 is 10.8. The molecule has 3 aromatic carbocycles. The molecule has 1 amide bonds. The maximum atomic E-state index is 12.1. The Balaban J connectivity index is 1.64. The first-order valence-corrected chi connectivity index (χ1v) is 7.97. The summed E-state index contributed by atoms with van der Waals surface area (Å²) in [6.07, 6.45) is 0. The highest BCUT2D eigenvalue weighted by atomic mass is 16.5. The molecule has 0 spiro atoms. The molecule has 1 N–H and O–H groups in total. The van der Waals surface area contributed by atoms with Crippen molar-refractivity contribution in [2.24, 2.45) is 0 Å². The van der Waals surface area contributed by atoms with E-state index in [0.29, 0.717) is 11.4 Å². The Morgan fingerprint density at radius 1 is 0.880 bits per heavy atom. The molecule has 0 bridgehead atoms. The number of hydrogen-bond donors (Lipinski definition) is 1. The van der Waals surface area contributed by atoms with Crippen molar-refractivity contribution in [1.29, 1.82) is 0 Å². The lowest BCUT2D eigenvalue weighted by Crippen LogP contribution is -2.20. The summed E-state index contributed by atoms with van der Waals surface area (Å²) in [5, 5.41) is 2.80. The van der Waals surface area contributed by atoms with Crippen LogP contribution in [0.3, 0.4) is 0 Å². The van der Waals surface area contributed by atoms with Gasteiger partial charge in [-0.2, -0.15) is 0 Å². The molecule has 0 unspecified atom stereocenters. The average Bonchev–Trinajstić information content (AvgIpc) is 2.68. The summed E-state index contributed by atoms with van der Waals surface area (Å²) in [6.45, 7) is -0.0596. The van der Waals surface area contributed by atoms with Crippen LogP contribution >= 0.6 is 0 Å². The van der Waals surface area contributed by atoms with Crippen molar-refractivity contribution >= 4 is 11.6 Å². The van der Waals surface area contributed by atoms with E-state index in [1.54, 1.807) is 31.4 Å². The number of amides is 1. The molecule has 0 radical (unpaired) electrons. The Morgan fingerprint density at radius 2 is 1.56 bits per heavy atom. The van der Waals surface area contributed by atoms with E-state index >= 15 is 0 Å². The number of methoxy groups -OCH3 is 1. The Hall–Kier alpha value is -3.27. The zero-order chi connectivity index (χ0) is 17.5. The smallest absolute Gasteiger partial charge is 0.262 e. The van der Waals surface area contributed by atoms with Crippen LogP contribution in [-0.4, -0.2) is 19.6 Å². The third kappa shape index (κ3) is 4.38. The quantitative estimate of drug-likeness (QED) is 0.728. The standard InChI is InChI=1S/C21H19NO3/c1-24-18-13-11-17(12-14-18)22-21(23)15-25-20-10-6-5-9-19(20)16-7-3-2-4-8-16/h2-14H,15H2,1H3,(H,22,23). The third-order valence-electron chi connectivity index (χ3n) is 3.70. The molecule has 4 heteroatoms. The van der Waals surface area contributed by atoms with Gasteiger partial charge in [-0.25, -0.2) is 0 Å². The first kappa shape index (κ1) is 16.6. The van der Waals surface area contributed by atoms with E-state index in [1.165, 1.54) is 0 Å². The molecule has 0 atom stereocenters. The normalized spacial score (nSPS) is 10.1. The molecule has 126 valence electrons. The van der Waals surface area contributed by atoms with Crippen LogP contribution in [0.15, 0.2) is 78.9 Å². The molecule has 0 aliphatic rings. The number of rotatable bonds is 6. The van der Waals surface area contributed by atoms with Crippen LogP contribution in [0.5, 0.6) is 11.5 Å². The number of anilines is 1. The van der Waals surface area contributed by atoms with Crippen molar-refractivity contribution in [3.05, 3.63) is 78.9 Å². The first-order valence-electron chi connectivity index (χ1n) is 7.97. The Labute approximate surface area is 147 Å². The zero-order valence-electron chi connectivity index (χ0n) is 13.9. The molecule has 0 saturated carbocycles. The van der Waals surface area contributed by atoms with Gasteiger partial charge in [-0.1, -0.05) is 48.5 Å². The second-order valence-electron chi connectivity index (χ2n) is 5.43. The molecule has 3 aromatic rings. The fourth-order valence-corrected chi connectivity index (χ4v) is 2.46. The molecule has 0 saturated heterocycles. The zero-order valence-corrected chi connectivity index (χ0v) is 13.9. The molecule has 0 aromatic heterocycles. The SMILES string of the molecule is COc1ccc(NC(=O)COc2ccccc2-c2ccccc2)cc1. The summed E-state index contributed by atoms with van der Waals surface area (Å²) in [5.41, 5.74) is 2.71. The second-order valence-corrected chi connectivity index (χ2v) is 5.43. The Morgan fingerprint density at radius 3 is 2.28 bits per heavy atom. The molecule has 4 nitrogen and oxygen atoms in total. The fourth-order valence-electron chi connectivity index (χ4n) is 2.46. The maximum Gasteiger partial charge on any atom is 0.262 e. The van der Waals surface area contributed by atoms with Gasteiger partial charge in [0.25, 0.3) is 5.91 Å². The number of carbonyl (C=O) groups is 1. The highest BCUT2D eigenvalue weighted by molar-refractivity contribution is 5.92. The highest BCUT2D eigenvalue weighted by Crippen LogP contribution is 2.29. The molecular weight excluding hydrogens is 314 g/mol. The van der Waals surface area contributed by atoms with E-state index < -0.39 is 0 Å². The number of carbonyl (C=O) groups excluding carboxylic acids is 1. The van der Waals surface area contributed by atoms with E-state index in [9.17, 15) is 4.79 Å². The van der Waals surface area contributed by atoms with Crippen LogP contribution in [-0.2, 0) is 4.79 Å². The summed E-state index contributed by atoms with van der Waals surface area (Å²) in [4.78, 5) is 12.1. The third-order valence-corrected chi connectivity index (χ3v) is 3.70. The van der Waals surface area contributed by atoms with E-state index in [2.05, 4.69) is 5.32 Å². The molecule has 0 heterocycles.